The Morgan fingerprint density at radius 1 is 1.75 bits per heavy atom. The molecule has 0 amide bonds. The van der Waals surface area contributed by atoms with Crippen molar-refractivity contribution in [1.82, 2.24) is 4.98 Å². The Kier molecular flexibility index (Phi) is 1.25. The standard InChI is InChI=1S/C6H3N2/c7-5-6-3-1-2-4-8-6/h1-3H. The van der Waals surface area contributed by atoms with Crippen LogP contribution in [0.3, 0.4) is 0 Å². The van der Waals surface area contributed by atoms with Gasteiger partial charge in [-0.3, -0.25) is 0 Å². The fourth-order valence-corrected chi connectivity index (χ4v) is 0.389. The van der Waals surface area contributed by atoms with Crippen LogP contribution in [-0.4, -0.2) is 4.98 Å². The van der Waals surface area contributed by atoms with E-state index in [1.807, 2.05) is 6.07 Å². The Balaban J connectivity index is 3.05. The third kappa shape index (κ3) is 0.824. The van der Waals surface area contributed by atoms with E-state index < -0.39 is 0 Å². The SMILES string of the molecule is N#Cc1ccc[c]n1. The molecule has 37 valence electrons. The summed E-state index contributed by atoms with van der Waals surface area (Å²) in [5.41, 5.74) is 0.410. The maximum absolute atomic E-state index is 8.21. The Hall–Kier alpha value is -1.36. The van der Waals surface area contributed by atoms with E-state index in [-0.39, 0.29) is 0 Å². The lowest BCUT2D eigenvalue weighted by atomic mass is 10.4. The molecule has 0 aromatic carbocycles. The van der Waals surface area contributed by atoms with Gasteiger partial charge in [0.15, 0.2) is 0 Å². The molecule has 1 aromatic heterocycles. The van der Waals surface area contributed by atoms with Crippen LogP contribution in [0.2, 0.25) is 0 Å². The first kappa shape index (κ1) is 4.79. The van der Waals surface area contributed by atoms with Gasteiger partial charge in [0, 0.05) is 0 Å². The van der Waals surface area contributed by atoms with E-state index in [1.165, 1.54) is 0 Å². The summed E-state index contributed by atoms with van der Waals surface area (Å²) < 4.78 is 0. The maximum Gasteiger partial charge on any atom is 0.141 e. The first-order chi connectivity index (χ1) is 3.93. The van der Waals surface area contributed by atoms with Crippen molar-refractivity contribution in [3.05, 3.63) is 30.1 Å². The van der Waals surface area contributed by atoms with E-state index in [9.17, 15) is 0 Å². The maximum atomic E-state index is 8.21. The van der Waals surface area contributed by atoms with Crippen molar-refractivity contribution in [2.45, 2.75) is 0 Å². The molecule has 0 aliphatic rings. The van der Waals surface area contributed by atoms with Crippen molar-refractivity contribution in [3.8, 4) is 6.07 Å². The predicted molar refractivity (Wildman–Crippen MR) is 27.8 cm³/mol. The number of rotatable bonds is 0. The van der Waals surface area contributed by atoms with Crippen LogP contribution in [0, 0.1) is 17.5 Å². The molecule has 1 rings (SSSR count). The van der Waals surface area contributed by atoms with Gasteiger partial charge in [-0.15, -0.1) is 0 Å². The molecule has 0 aliphatic heterocycles. The second kappa shape index (κ2) is 2.08. The van der Waals surface area contributed by atoms with Gasteiger partial charge in [-0.2, -0.15) is 5.26 Å². The van der Waals surface area contributed by atoms with E-state index >= 15 is 0 Å². The van der Waals surface area contributed by atoms with Crippen molar-refractivity contribution in [3.63, 3.8) is 0 Å². The summed E-state index contributed by atoms with van der Waals surface area (Å²) in [6.45, 7) is 0. The highest BCUT2D eigenvalue weighted by Crippen LogP contribution is 1.86. The lowest BCUT2D eigenvalue weighted by Gasteiger charge is -1.78. The number of pyridine rings is 1. The van der Waals surface area contributed by atoms with Gasteiger partial charge in [0.2, 0.25) is 0 Å². The Morgan fingerprint density at radius 2 is 2.62 bits per heavy atom. The summed E-state index contributed by atoms with van der Waals surface area (Å²) >= 11 is 0. The van der Waals surface area contributed by atoms with E-state index in [2.05, 4.69) is 11.2 Å². The normalized spacial score (nSPS) is 7.88. The van der Waals surface area contributed by atoms with Gasteiger partial charge >= 0.3 is 0 Å². The zero-order chi connectivity index (χ0) is 5.82. The minimum absolute atomic E-state index is 0.410. The summed E-state index contributed by atoms with van der Waals surface area (Å²) in [6, 6.07) is 6.90. The monoisotopic (exact) mass is 103 g/mol. The number of aromatic nitrogens is 1. The highest BCUT2D eigenvalue weighted by Gasteiger charge is 1.81. The van der Waals surface area contributed by atoms with Gasteiger partial charge in [-0.25, -0.2) is 4.98 Å². The van der Waals surface area contributed by atoms with E-state index in [1.54, 1.807) is 18.2 Å². The third-order valence-electron chi connectivity index (χ3n) is 0.724. The van der Waals surface area contributed by atoms with Crippen molar-refractivity contribution in [1.29, 1.82) is 5.26 Å². The zero-order valence-corrected chi connectivity index (χ0v) is 4.13. The quantitative estimate of drug-likeness (QED) is 0.486. The molecule has 8 heavy (non-hydrogen) atoms. The molecule has 0 spiro atoms. The summed E-state index contributed by atoms with van der Waals surface area (Å²) in [5, 5.41) is 8.21. The van der Waals surface area contributed by atoms with Crippen LogP contribution in [-0.2, 0) is 0 Å². The lowest BCUT2D eigenvalue weighted by molar-refractivity contribution is 1.25. The van der Waals surface area contributed by atoms with Crippen LogP contribution in [0.15, 0.2) is 18.2 Å². The van der Waals surface area contributed by atoms with E-state index in [0.717, 1.165) is 0 Å². The molecule has 0 aliphatic carbocycles. The molecular weight excluding hydrogens is 100 g/mol. The number of hydrogen-bond donors (Lipinski definition) is 0. The van der Waals surface area contributed by atoms with Gasteiger partial charge in [-0.1, -0.05) is 6.07 Å². The fourth-order valence-electron chi connectivity index (χ4n) is 0.389. The van der Waals surface area contributed by atoms with Crippen molar-refractivity contribution in [2.24, 2.45) is 0 Å². The lowest BCUT2D eigenvalue weighted by Crippen LogP contribution is -1.76. The summed E-state index contributed by atoms with van der Waals surface area (Å²) in [4.78, 5) is 3.61. The molecule has 0 unspecified atom stereocenters. The van der Waals surface area contributed by atoms with Crippen molar-refractivity contribution >= 4 is 0 Å². The van der Waals surface area contributed by atoms with Crippen LogP contribution in [0.4, 0.5) is 0 Å². The molecule has 0 fully saturated rings. The molecule has 2 heteroatoms. The van der Waals surface area contributed by atoms with Gasteiger partial charge in [0.25, 0.3) is 0 Å². The first-order valence-electron chi connectivity index (χ1n) is 2.16. The zero-order valence-electron chi connectivity index (χ0n) is 4.13. The summed E-state index contributed by atoms with van der Waals surface area (Å²) in [5.74, 6) is 0. The van der Waals surface area contributed by atoms with Crippen LogP contribution in [0.1, 0.15) is 5.69 Å². The molecule has 0 N–H and O–H groups in total. The van der Waals surface area contributed by atoms with E-state index in [0.29, 0.717) is 5.69 Å². The third-order valence-corrected chi connectivity index (χ3v) is 0.724. The first-order valence-corrected chi connectivity index (χ1v) is 2.16. The summed E-state index contributed by atoms with van der Waals surface area (Å²) in [6.07, 6.45) is 2.54. The van der Waals surface area contributed by atoms with Gasteiger partial charge < -0.3 is 0 Å². The molecule has 2 nitrogen and oxygen atoms in total. The smallest absolute Gasteiger partial charge is 0.141 e. The van der Waals surface area contributed by atoms with Crippen molar-refractivity contribution in [2.75, 3.05) is 0 Å². The van der Waals surface area contributed by atoms with Gasteiger partial charge in [0.1, 0.15) is 11.8 Å². The Morgan fingerprint density at radius 3 is 3.00 bits per heavy atom. The topological polar surface area (TPSA) is 36.7 Å². The molecule has 0 saturated carbocycles. The van der Waals surface area contributed by atoms with Gasteiger partial charge in [0.05, 0.1) is 6.20 Å². The fraction of sp³-hybridized carbons (Fsp3) is 0. The average Bonchev–Trinajstić information content (AvgIpc) is 1.90. The van der Waals surface area contributed by atoms with Crippen molar-refractivity contribution < 1.29 is 0 Å². The molecule has 1 heterocycles. The number of nitriles is 1. The van der Waals surface area contributed by atoms with Crippen LogP contribution < -0.4 is 0 Å². The molecule has 1 radical (unpaired) electrons. The molecule has 0 bridgehead atoms. The minimum atomic E-state index is 0.410. The molecule has 0 atom stereocenters. The Labute approximate surface area is 47.4 Å². The van der Waals surface area contributed by atoms with E-state index in [4.69, 9.17) is 5.26 Å². The van der Waals surface area contributed by atoms with Crippen LogP contribution in [0.25, 0.3) is 0 Å². The summed E-state index contributed by atoms with van der Waals surface area (Å²) in [7, 11) is 0. The predicted octanol–water partition coefficient (Wildman–Crippen LogP) is 0.753. The highest BCUT2D eigenvalue weighted by atomic mass is 14.7. The Bertz CT molecular complexity index is 198. The van der Waals surface area contributed by atoms with Crippen LogP contribution >= 0.6 is 0 Å². The second-order valence-corrected chi connectivity index (χ2v) is 1.26. The largest absolute Gasteiger partial charge is 0.235 e. The minimum Gasteiger partial charge on any atom is -0.235 e. The van der Waals surface area contributed by atoms with Crippen LogP contribution in [0.5, 0.6) is 0 Å². The second-order valence-electron chi connectivity index (χ2n) is 1.26. The average molecular weight is 103 g/mol. The molecular formula is C6H3N2. The number of nitrogens with zero attached hydrogens (tertiary/aromatic N) is 2. The highest BCUT2D eigenvalue weighted by molar-refractivity contribution is 5.17. The number of hydrogen-bond acceptors (Lipinski definition) is 2. The molecule has 0 saturated heterocycles. The molecule has 1 aromatic rings. The van der Waals surface area contributed by atoms with Gasteiger partial charge in [-0.05, 0) is 12.1 Å².